The molecule has 1 aliphatic heterocycles. The van der Waals surface area contributed by atoms with Gasteiger partial charge in [0.1, 0.15) is 0 Å². The number of ether oxygens (including phenoxy) is 1. The maximum absolute atomic E-state index is 12.4. The van der Waals surface area contributed by atoms with E-state index in [0.29, 0.717) is 6.42 Å². The van der Waals surface area contributed by atoms with Gasteiger partial charge in [0, 0.05) is 26.2 Å². The first-order valence-corrected chi connectivity index (χ1v) is 9.14. The molecule has 10 heteroatoms. The molecule has 1 fully saturated rings. The van der Waals surface area contributed by atoms with Crippen molar-refractivity contribution in [1.82, 2.24) is 9.80 Å². The molecule has 2 N–H and O–H groups in total. The molecule has 0 aromatic heterocycles. The van der Waals surface area contributed by atoms with Crippen LogP contribution in [0.25, 0.3) is 0 Å². The fourth-order valence-corrected chi connectivity index (χ4v) is 4.10. The van der Waals surface area contributed by atoms with Crippen LogP contribution in [0, 0.1) is 0 Å². The Hall–Kier alpha value is -1.52. The van der Waals surface area contributed by atoms with E-state index in [1.807, 2.05) is 0 Å². The molecule has 1 unspecified atom stereocenters. The van der Waals surface area contributed by atoms with Crippen molar-refractivity contribution in [3.63, 3.8) is 0 Å². The largest absolute Gasteiger partial charge is 0.383 e. The van der Waals surface area contributed by atoms with Crippen LogP contribution in [0.5, 0.6) is 0 Å². The highest BCUT2D eigenvalue weighted by Crippen LogP contribution is 2.18. The Bertz CT molecular complexity index is 536. The van der Waals surface area contributed by atoms with E-state index >= 15 is 0 Å². The first-order chi connectivity index (χ1) is 10.9. The molecule has 1 heterocycles. The van der Waals surface area contributed by atoms with Crippen LogP contribution in [0.4, 0.5) is 0 Å². The van der Waals surface area contributed by atoms with Crippen molar-refractivity contribution in [3.8, 4) is 0 Å². The number of carbonyl (C=O) groups excluding carboxylic acids is 3. The summed E-state index contributed by atoms with van der Waals surface area (Å²) in [6.45, 7) is 0.579. The molecule has 0 saturated carbocycles. The van der Waals surface area contributed by atoms with E-state index in [0.717, 1.165) is 4.90 Å². The predicted molar refractivity (Wildman–Crippen MR) is 82.1 cm³/mol. The SMILES string of the molecule is COCCN(C(=O)C(=O)N(C=O)CCCN)C1CCS(=O)(=O)C1. The van der Waals surface area contributed by atoms with Gasteiger partial charge in [-0.25, -0.2) is 8.42 Å². The lowest BCUT2D eigenvalue weighted by Crippen LogP contribution is -2.50. The summed E-state index contributed by atoms with van der Waals surface area (Å²) in [5.74, 6) is -2.07. The molecule has 0 aromatic rings. The Morgan fingerprint density at radius 1 is 1.30 bits per heavy atom. The number of carbonyl (C=O) groups is 3. The third-order valence-electron chi connectivity index (χ3n) is 3.62. The van der Waals surface area contributed by atoms with Crippen molar-refractivity contribution in [2.45, 2.75) is 18.9 Å². The van der Waals surface area contributed by atoms with Crippen LogP contribution in [0.2, 0.25) is 0 Å². The minimum Gasteiger partial charge on any atom is -0.383 e. The molecular formula is C13H23N3O6S. The van der Waals surface area contributed by atoms with Gasteiger partial charge in [0.15, 0.2) is 9.84 Å². The van der Waals surface area contributed by atoms with E-state index in [-0.39, 0.29) is 50.6 Å². The van der Waals surface area contributed by atoms with E-state index in [4.69, 9.17) is 10.5 Å². The second-order valence-electron chi connectivity index (χ2n) is 5.29. The maximum Gasteiger partial charge on any atom is 0.318 e. The lowest BCUT2D eigenvalue weighted by atomic mass is 10.2. The minimum atomic E-state index is -3.21. The standard InChI is InChI=1S/C13H23N3O6S/c1-22-7-6-16(11-3-8-23(20,21)9-11)13(19)12(18)15(10-17)5-2-4-14/h10-11H,2-9,14H2,1H3. The highest BCUT2D eigenvalue weighted by molar-refractivity contribution is 7.91. The van der Waals surface area contributed by atoms with Crippen molar-refractivity contribution < 1.29 is 27.5 Å². The summed E-state index contributed by atoms with van der Waals surface area (Å²) in [5, 5.41) is 0. The van der Waals surface area contributed by atoms with Crippen molar-refractivity contribution in [2.24, 2.45) is 5.73 Å². The van der Waals surface area contributed by atoms with E-state index in [2.05, 4.69) is 0 Å². The van der Waals surface area contributed by atoms with Gasteiger partial charge in [-0.3, -0.25) is 19.3 Å². The zero-order valence-electron chi connectivity index (χ0n) is 13.1. The summed E-state index contributed by atoms with van der Waals surface area (Å²) in [5.41, 5.74) is 5.33. The fourth-order valence-electron chi connectivity index (χ4n) is 2.37. The smallest absolute Gasteiger partial charge is 0.318 e. The minimum absolute atomic E-state index is 0.0206. The number of sulfone groups is 1. The Labute approximate surface area is 135 Å². The lowest BCUT2D eigenvalue weighted by Gasteiger charge is -2.28. The van der Waals surface area contributed by atoms with Crippen molar-refractivity contribution >= 4 is 28.1 Å². The normalized spacial score (nSPS) is 19.3. The Morgan fingerprint density at radius 2 is 2.00 bits per heavy atom. The predicted octanol–water partition coefficient (Wildman–Crippen LogP) is -2.02. The van der Waals surface area contributed by atoms with Crippen LogP contribution in [0.15, 0.2) is 0 Å². The van der Waals surface area contributed by atoms with Gasteiger partial charge in [0.25, 0.3) is 0 Å². The van der Waals surface area contributed by atoms with E-state index in [1.165, 1.54) is 12.0 Å². The second kappa shape index (κ2) is 8.94. The summed E-state index contributed by atoms with van der Waals surface area (Å²) in [7, 11) is -1.77. The average Bonchev–Trinajstić information content (AvgIpc) is 2.87. The van der Waals surface area contributed by atoms with Gasteiger partial charge in [-0.2, -0.15) is 0 Å². The van der Waals surface area contributed by atoms with E-state index in [1.54, 1.807) is 0 Å². The number of nitrogens with two attached hydrogens (primary N) is 1. The fraction of sp³-hybridized carbons (Fsp3) is 0.769. The Morgan fingerprint density at radius 3 is 2.48 bits per heavy atom. The number of nitrogens with zero attached hydrogens (tertiary/aromatic N) is 2. The Balaban J connectivity index is 2.86. The van der Waals surface area contributed by atoms with Crippen molar-refractivity contribution in [1.29, 1.82) is 0 Å². The second-order valence-corrected chi connectivity index (χ2v) is 7.52. The highest BCUT2D eigenvalue weighted by atomic mass is 32.2. The summed E-state index contributed by atoms with van der Waals surface area (Å²) in [6.07, 6.45) is 0.943. The van der Waals surface area contributed by atoms with Gasteiger partial charge >= 0.3 is 11.8 Å². The number of hydrogen-bond donors (Lipinski definition) is 1. The summed E-state index contributed by atoms with van der Waals surface area (Å²) in [6, 6.07) is -0.574. The van der Waals surface area contributed by atoms with Gasteiger partial charge in [-0.1, -0.05) is 0 Å². The number of methoxy groups -OCH3 is 1. The zero-order valence-corrected chi connectivity index (χ0v) is 14.0. The summed E-state index contributed by atoms with van der Waals surface area (Å²) >= 11 is 0. The monoisotopic (exact) mass is 349 g/mol. The molecule has 3 amide bonds. The van der Waals surface area contributed by atoms with Crippen LogP contribution < -0.4 is 5.73 Å². The van der Waals surface area contributed by atoms with Gasteiger partial charge in [-0.05, 0) is 19.4 Å². The molecule has 0 spiro atoms. The molecule has 1 atom stereocenters. The van der Waals surface area contributed by atoms with Crippen LogP contribution in [-0.2, 0) is 29.0 Å². The zero-order chi connectivity index (χ0) is 17.5. The molecule has 23 heavy (non-hydrogen) atoms. The molecule has 0 aromatic carbocycles. The van der Waals surface area contributed by atoms with Gasteiger partial charge in [0.2, 0.25) is 6.41 Å². The Kier molecular flexibility index (Phi) is 7.59. The van der Waals surface area contributed by atoms with Gasteiger partial charge in [0.05, 0.1) is 18.1 Å². The molecule has 132 valence electrons. The van der Waals surface area contributed by atoms with Crippen LogP contribution in [-0.4, -0.2) is 87.3 Å². The summed E-state index contributed by atoms with van der Waals surface area (Å²) in [4.78, 5) is 37.5. The van der Waals surface area contributed by atoms with Crippen LogP contribution in [0.1, 0.15) is 12.8 Å². The van der Waals surface area contributed by atoms with Crippen LogP contribution >= 0.6 is 0 Å². The third-order valence-corrected chi connectivity index (χ3v) is 5.37. The molecular weight excluding hydrogens is 326 g/mol. The molecule has 1 rings (SSSR count). The third kappa shape index (κ3) is 5.56. The van der Waals surface area contributed by atoms with Crippen molar-refractivity contribution in [3.05, 3.63) is 0 Å². The average molecular weight is 349 g/mol. The first-order valence-electron chi connectivity index (χ1n) is 7.32. The van der Waals surface area contributed by atoms with Gasteiger partial charge in [-0.15, -0.1) is 0 Å². The van der Waals surface area contributed by atoms with Gasteiger partial charge < -0.3 is 15.4 Å². The molecule has 0 aliphatic carbocycles. The topological polar surface area (TPSA) is 127 Å². The summed E-state index contributed by atoms with van der Waals surface area (Å²) < 4.78 is 28.1. The quantitative estimate of drug-likeness (QED) is 0.396. The molecule has 9 nitrogen and oxygen atoms in total. The number of imide groups is 1. The molecule has 0 radical (unpaired) electrons. The van der Waals surface area contributed by atoms with E-state index < -0.39 is 27.7 Å². The number of hydrogen-bond acceptors (Lipinski definition) is 7. The maximum atomic E-state index is 12.4. The lowest BCUT2D eigenvalue weighted by molar-refractivity contribution is -0.155. The van der Waals surface area contributed by atoms with E-state index in [9.17, 15) is 22.8 Å². The first kappa shape index (κ1) is 19.5. The number of rotatable bonds is 8. The van der Waals surface area contributed by atoms with Crippen molar-refractivity contribution in [2.75, 3.05) is 44.9 Å². The van der Waals surface area contributed by atoms with Crippen LogP contribution in [0.3, 0.4) is 0 Å². The highest BCUT2D eigenvalue weighted by Gasteiger charge is 2.37. The number of amides is 3. The molecule has 1 saturated heterocycles. The molecule has 1 aliphatic rings. The molecule has 0 bridgehead atoms.